The predicted octanol–water partition coefficient (Wildman–Crippen LogP) is 0.667. The molecule has 4 rings (SSSR count). The Morgan fingerprint density at radius 2 is 2.18 bits per heavy atom. The molecule has 1 aromatic carbocycles. The number of nitrogens with zero attached hydrogens (tertiary/aromatic N) is 4. The van der Waals surface area contributed by atoms with Crippen molar-refractivity contribution in [3.8, 4) is 0 Å². The first-order chi connectivity index (χ1) is 13.6. The van der Waals surface area contributed by atoms with Crippen LogP contribution in [0, 0.1) is 0 Å². The van der Waals surface area contributed by atoms with E-state index in [1.54, 1.807) is 23.5 Å². The molecule has 0 aliphatic carbocycles. The normalized spacial score (nSPS) is 19.3. The number of imidazole rings is 2. The van der Waals surface area contributed by atoms with Gasteiger partial charge < -0.3 is 24.5 Å². The molecular weight excluding hydrogens is 360 g/mol. The van der Waals surface area contributed by atoms with Crippen molar-refractivity contribution in [1.29, 1.82) is 0 Å². The van der Waals surface area contributed by atoms with Gasteiger partial charge in [0.05, 0.1) is 29.4 Å². The number of aryl methyl sites for hydroxylation is 1. The fourth-order valence-electron chi connectivity index (χ4n) is 3.80. The fraction of sp³-hybridized carbons (Fsp3) is 0.368. The van der Waals surface area contributed by atoms with Gasteiger partial charge in [0.25, 0.3) is 5.91 Å². The molecule has 1 aliphatic rings. The third-order valence-corrected chi connectivity index (χ3v) is 5.10. The second kappa shape index (κ2) is 7.43. The van der Waals surface area contributed by atoms with Crippen molar-refractivity contribution in [2.24, 2.45) is 7.05 Å². The van der Waals surface area contributed by atoms with Crippen LogP contribution in [0.15, 0.2) is 36.9 Å². The number of aromatic amines is 1. The van der Waals surface area contributed by atoms with E-state index in [4.69, 9.17) is 4.74 Å². The van der Waals surface area contributed by atoms with Crippen LogP contribution in [0.2, 0.25) is 0 Å². The summed E-state index contributed by atoms with van der Waals surface area (Å²) >= 11 is 0. The highest BCUT2D eigenvalue weighted by molar-refractivity contribution is 6.05. The standard InChI is InChI=1S/C19H22N6O3/c1-24-7-6-20-18(24)13-8-25(9-15(13)23-16(26)10-28-2)19(27)12-4-3-5-14-17(12)22-11-21-14/h3-7,11,13,15H,8-10H2,1-2H3,(H,21,22)(H,23,26)/t13-,15-/m1/s1. The molecule has 2 N–H and O–H groups in total. The van der Waals surface area contributed by atoms with Crippen LogP contribution < -0.4 is 5.32 Å². The highest BCUT2D eigenvalue weighted by Gasteiger charge is 2.39. The van der Waals surface area contributed by atoms with Crippen molar-refractivity contribution in [2.45, 2.75) is 12.0 Å². The van der Waals surface area contributed by atoms with Crippen molar-refractivity contribution < 1.29 is 14.3 Å². The SMILES string of the molecule is COCC(=O)N[C@@H]1CN(C(=O)c2cccc3[nH]cnc23)C[C@H]1c1nccn1C. The first-order valence-corrected chi connectivity index (χ1v) is 9.05. The number of nitrogens with one attached hydrogen (secondary N) is 2. The average Bonchev–Trinajstić information content (AvgIpc) is 3.40. The highest BCUT2D eigenvalue weighted by Crippen LogP contribution is 2.28. The number of rotatable bonds is 5. The highest BCUT2D eigenvalue weighted by atomic mass is 16.5. The molecule has 28 heavy (non-hydrogen) atoms. The molecule has 0 spiro atoms. The van der Waals surface area contributed by atoms with Crippen molar-refractivity contribution in [3.05, 3.63) is 48.3 Å². The second-order valence-electron chi connectivity index (χ2n) is 6.92. The number of methoxy groups -OCH3 is 1. The Hall–Kier alpha value is -3.20. The van der Waals surface area contributed by atoms with E-state index in [2.05, 4.69) is 20.3 Å². The molecule has 2 amide bonds. The van der Waals surface area contributed by atoms with E-state index < -0.39 is 0 Å². The van der Waals surface area contributed by atoms with Crippen molar-refractivity contribution in [2.75, 3.05) is 26.8 Å². The van der Waals surface area contributed by atoms with Gasteiger partial charge >= 0.3 is 0 Å². The maximum absolute atomic E-state index is 13.2. The number of hydrogen-bond acceptors (Lipinski definition) is 5. The fourth-order valence-corrected chi connectivity index (χ4v) is 3.80. The molecule has 3 heterocycles. The monoisotopic (exact) mass is 382 g/mol. The molecule has 9 nitrogen and oxygen atoms in total. The lowest BCUT2D eigenvalue weighted by molar-refractivity contribution is -0.125. The Balaban J connectivity index is 1.62. The molecule has 1 saturated heterocycles. The molecule has 1 aliphatic heterocycles. The van der Waals surface area contributed by atoms with Gasteiger partial charge in [0.1, 0.15) is 17.9 Å². The molecule has 2 aromatic heterocycles. The number of amides is 2. The topological polar surface area (TPSA) is 105 Å². The number of ether oxygens (including phenoxy) is 1. The number of carbonyl (C=O) groups is 2. The molecule has 0 saturated carbocycles. The van der Waals surface area contributed by atoms with Crippen molar-refractivity contribution >= 4 is 22.8 Å². The van der Waals surface area contributed by atoms with Crippen LogP contribution in [-0.4, -0.2) is 69.1 Å². The van der Waals surface area contributed by atoms with E-state index in [0.29, 0.717) is 24.2 Å². The lowest BCUT2D eigenvalue weighted by Gasteiger charge is -2.19. The first-order valence-electron chi connectivity index (χ1n) is 9.05. The zero-order valence-corrected chi connectivity index (χ0v) is 15.8. The number of carbonyl (C=O) groups excluding carboxylic acids is 2. The first kappa shape index (κ1) is 18.2. The summed E-state index contributed by atoms with van der Waals surface area (Å²) in [6.07, 6.45) is 5.16. The molecule has 2 atom stereocenters. The van der Waals surface area contributed by atoms with Crippen LogP contribution in [0.5, 0.6) is 0 Å². The predicted molar refractivity (Wildman–Crippen MR) is 102 cm³/mol. The quantitative estimate of drug-likeness (QED) is 0.675. The van der Waals surface area contributed by atoms with E-state index in [1.807, 2.05) is 29.9 Å². The number of benzene rings is 1. The van der Waals surface area contributed by atoms with E-state index in [1.165, 1.54) is 7.11 Å². The zero-order valence-electron chi connectivity index (χ0n) is 15.8. The minimum atomic E-state index is -0.244. The van der Waals surface area contributed by atoms with Gasteiger partial charge in [-0.25, -0.2) is 9.97 Å². The van der Waals surface area contributed by atoms with Crippen LogP contribution in [-0.2, 0) is 16.6 Å². The lowest BCUT2D eigenvalue weighted by atomic mass is 10.0. The van der Waals surface area contributed by atoms with Gasteiger partial charge in [-0.2, -0.15) is 0 Å². The Kier molecular flexibility index (Phi) is 4.82. The van der Waals surface area contributed by atoms with Crippen LogP contribution >= 0.6 is 0 Å². The van der Waals surface area contributed by atoms with E-state index in [-0.39, 0.29) is 30.4 Å². The lowest BCUT2D eigenvalue weighted by Crippen LogP contribution is -2.42. The third kappa shape index (κ3) is 3.24. The maximum Gasteiger partial charge on any atom is 0.256 e. The largest absolute Gasteiger partial charge is 0.375 e. The summed E-state index contributed by atoms with van der Waals surface area (Å²) in [4.78, 5) is 38.8. The number of likely N-dealkylation sites (tertiary alicyclic amines) is 1. The van der Waals surface area contributed by atoms with Gasteiger partial charge in [0.15, 0.2) is 0 Å². The van der Waals surface area contributed by atoms with Gasteiger partial charge in [-0.3, -0.25) is 9.59 Å². The smallest absolute Gasteiger partial charge is 0.256 e. The number of para-hydroxylation sites is 1. The molecule has 0 bridgehead atoms. The molecular formula is C19H22N6O3. The molecule has 146 valence electrons. The minimum Gasteiger partial charge on any atom is -0.375 e. The summed E-state index contributed by atoms with van der Waals surface area (Å²) in [6.45, 7) is 0.833. The number of aromatic nitrogens is 4. The molecule has 1 fully saturated rings. The summed E-state index contributed by atoms with van der Waals surface area (Å²) in [7, 11) is 3.39. The molecule has 3 aromatic rings. The van der Waals surface area contributed by atoms with Gasteiger partial charge in [0.2, 0.25) is 5.91 Å². The molecule has 9 heteroatoms. The third-order valence-electron chi connectivity index (χ3n) is 5.10. The maximum atomic E-state index is 13.2. The van der Waals surface area contributed by atoms with Crippen LogP contribution in [0.4, 0.5) is 0 Å². The second-order valence-corrected chi connectivity index (χ2v) is 6.92. The summed E-state index contributed by atoms with van der Waals surface area (Å²) in [6, 6.07) is 5.25. The van der Waals surface area contributed by atoms with E-state index >= 15 is 0 Å². The van der Waals surface area contributed by atoms with Gasteiger partial charge in [0, 0.05) is 39.6 Å². The number of hydrogen-bond donors (Lipinski definition) is 2. The molecule has 0 radical (unpaired) electrons. The summed E-state index contributed by atoms with van der Waals surface area (Å²) in [5.74, 6) is 0.398. The Morgan fingerprint density at radius 1 is 1.32 bits per heavy atom. The zero-order chi connectivity index (χ0) is 19.7. The van der Waals surface area contributed by atoms with Gasteiger partial charge in [-0.15, -0.1) is 0 Å². The van der Waals surface area contributed by atoms with Crippen molar-refractivity contribution in [1.82, 2.24) is 29.7 Å². The number of fused-ring (bicyclic) bond motifs is 1. The summed E-state index contributed by atoms with van der Waals surface area (Å²) in [5.41, 5.74) is 2.00. The Labute approximate surface area is 161 Å². The number of H-pyrrole nitrogens is 1. The van der Waals surface area contributed by atoms with Gasteiger partial charge in [-0.1, -0.05) is 6.07 Å². The Bertz CT molecular complexity index is 1010. The van der Waals surface area contributed by atoms with Crippen LogP contribution in [0.25, 0.3) is 11.0 Å². The Morgan fingerprint density at radius 3 is 2.93 bits per heavy atom. The van der Waals surface area contributed by atoms with E-state index in [0.717, 1.165) is 11.3 Å². The van der Waals surface area contributed by atoms with Crippen molar-refractivity contribution in [3.63, 3.8) is 0 Å². The van der Waals surface area contributed by atoms with Crippen LogP contribution in [0.1, 0.15) is 22.1 Å². The summed E-state index contributed by atoms with van der Waals surface area (Å²) < 4.78 is 6.84. The van der Waals surface area contributed by atoms with Gasteiger partial charge in [-0.05, 0) is 12.1 Å². The minimum absolute atomic E-state index is 0.0235. The van der Waals surface area contributed by atoms with E-state index in [9.17, 15) is 9.59 Å². The van der Waals surface area contributed by atoms with Crippen LogP contribution in [0.3, 0.4) is 0 Å². The molecule has 0 unspecified atom stereocenters. The summed E-state index contributed by atoms with van der Waals surface area (Å²) in [5, 5.41) is 2.98. The average molecular weight is 382 g/mol.